The summed E-state index contributed by atoms with van der Waals surface area (Å²) in [5.41, 5.74) is 0.824. The molecule has 1 aliphatic heterocycles. The maximum absolute atomic E-state index is 12.5. The molecule has 3 rings (SSSR count). The fraction of sp³-hybridized carbons (Fsp3) is 0.467. The Balaban J connectivity index is 1.69. The van der Waals surface area contributed by atoms with Gasteiger partial charge in [-0.05, 0) is 18.6 Å². The van der Waals surface area contributed by atoms with E-state index in [0.717, 1.165) is 5.56 Å². The van der Waals surface area contributed by atoms with Gasteiger partial charge < -0.3 is 4.90 Å². The minimum Gasteiger partial charge on any atom is -0.337 e. The molecular formula is C15H19N5O3S. The normalized spacial score (nSPS) is 19.3. The standard InChI is InChI=1S/C15H19N5O3S/c1-2-19(13-8-9-24(22,23)11-13)14(21)10-20-17-15(16-18-20)12-6-4-3-5-7-12/h3-7,13H,2,8-11H2,1H3/t13-/m1/s1. The maximum atomic E-state index is 12.5. The number of rotatable bonds is 5. The fourth-order valence-electron chi connectivity index (χ4n) is 2.88. The largest absolute Gasteiger partial charge is 0.337 e. The van der Waals surface area contributed by atoms with Gasteiger partial charge in [0.05, 0.1) is 11.5 Å². The van der Waals surface area contributed by atoms with E-state index in [9.17, 15) is 13.2 Å². The van der Waals surface area contributed by atoms with Crippen molar-refractivity contribution in [1.29, 1.82) is 0 Å². The Morgan fingerprint density at radius 2 is 2.08 bits per heavy atom. The van der Waals surface area contributed by atoms with Gasteiger partial charge >= 0.3 is 0 Å². The molecule has 128 valence electrons. The number of aromatic nitrogens is 4. The van der Waals surface area contributed by atoms with Crippen LogP contribution in [0, 0.1) is 0 Å². The van der Waals surface area contributed by atoms with Crippen LogP contribution < -0.4 is 0 Å². The topological polar surface area (TPSA) is 98.1 Å². The summed E-state index contributed by atoms with van der Waals surface area (Å²) >= 11 is 0. The smallest absolute Gasteiger partial charge is 0.246 e. The molecule has 1 aliphatic rings. The van der Waals surface area contributed by atoms with Gasteiger partial charge in [-0.15, -0.1) is 10.2 Å². The van der Waals surface area contributed by atoms with Crippen molar-refractivity contribution in [2.24, 2.45) is 0 Å². The van der Waals surface area contributed by atoms with Gasteiger partial charge in [-0.1, -0.05) is 30.3 Å². The second-order valence-corrected chi connectivity index (χ2v) is 7.97. The Kier molecular flexibility index (Phi) is 4.61. The predicted molar refractivity (Wildman–Crippen MR) is 87.7 cm³/mol. The molecule has 0 unspecified atom stereocenters. The van der Waals surface area contributed by atoms with E-state index >= 15 is 0 Å². The van der Waals surface area contributed by atoms with E-state index in [0.29, 0.717) is 18.8 Å². The molecule has 1 fully saturated rings. The van der Waals surface area contributed by atoms with E-state index in [2.05, 4.69) is 15.4 Å². The number of amides is 1. The summed E-state index contributed by atoms with van der Waals surface area (Å²) < 4.78 is 23.2. The van der Waals surface area contributed by atoms with Gasteiger partial charge in [0.2, 0.25) is 11.7 Å². The summed E-state index contributed by atoms with van der Waals surface area (Å²) in [4.78, 5) is 15.3. The second kappa shape index (κ2) is 6.68. The molecule has 1 saturated heterocycles. The number of carbonyl (C=O) groups excluding carboxylic acids is 1. The van der Waals surface area contributed by atoms with Crippen molar-refractivity contribution in [2.45, 2.75) is 25.9 Å². The van der Waals surface area contributed by atoms with Crippen LogP contribution >= 0.6 is 0 Å². The van der Waals surface area contributed by atoms with Crippen molar-refractivity contribution in [1.82, 2.24) is 25.1 Å². The Labute approximate surface area is 140 Å². The molecule has 1 amide bonds. The van der Waals surface area contributed by atoms with Crippen LogP contribution in [0.1, 0.15) is 13.3 Å². The van der Waals surface area contributed by atoms with Crippen molar-refractivity contribution in [3.05, 3.63) is 30.3 Å². The SMILES string of the molecule is CCN(C(=O)Cn1nnc(-c2ccccc2)n1)[C@@H]1CCS(=O)(=O)C1. The number of hydrogen-bond acceptors (Lipinski definition) is 6. The molecule has 0 radical (unpaired) electrons. The monoisotopic (exact) mass is 349 g/mol. The average Bonchev–Trinajstić information content (AvgIpc) is 3.16. The molecule has 2 aromatic rings. The third-order valence-corrected chi connectivity index (χ3v) is 5.82. The molecule has 1 aromatic carbocycles. The summed E-state index contributed by atoms with van der Waals surface area (Å²) in [5.74, 6) is 0.430. The van der Waals surface area contributed by atoms with E-state index < -0.39 is 9.84 Å². The molecule has 0 bridgehead atoms. The number of likely N-dealkylation sites (N-methyl/N-ethyl adjacent to an activating group) is 1. The Morgan fingerprint density at radius 3 is 2.71 bits per heavy atom. The predicted octanol–water partition coefficient (Wildman–Crippen LogP) is 0.376. The van der Waals surface area contributed by atoms with Gasteiger partial charge in [0.25, 0.3) is 0 Å². The Hall–Kier alpha value is -2.29. The van der Waals surface area contributed by atoms with Crippen molar-refractivity contribution in [2.75, 3.05) is 18.1 Å². The van der Waals surface area contributed by atoms with Gasteiger partial charge in [0, 0.05) is 18.2 Å². The van der Waals surface area contributed by atoms with Gasteiger partial charge in [0.15, 0.2) is 9.84 Å². The summed E-state index contributed by atoms with van der Waals surface area (Å²) in [6, 6.07) is 9.12. The molecule has 1 atom stereocenters. The van der Waals surface area contributed by atoms with E-state index in [4.69, 9.17) is 0 Å². The lowest BCUT2D eigenvalue weighted by Gasteiger charge is -2.26. The first-order valence-corrected chi connectivity index (χ1v) is 9.64. The van der Waals surface area contributed by atoms with Crippen LogP contribution in [-0.2, 0) is 21.2 Å². The lowest BCUT2D eigenvalue weighted by Crippen LogP contribution is -2.42. The summed E-state index contributed by atoms with van der Waals surface area (Å²) in [6.45, 7) is 2.25. The van der Waals surface area contributed by atoms with Gasteiger partial charge in [-0.2, -0.15) is 4.80 Å². The highest BCUT2D eigenvalue weighted by atomic mass is 32.2. The van der Waals surface area contributed by atoms with Crippen LogP contribution in [0.15, 0.2) is 30.3 Å². The van der Waals surface area contributed by atoms with E-state index in [1.165, 1.54) is 4.80 Å². The van der Waals surface area contributed by atoms with Crippen molar-refractivity contribution < 1.29 is 13.2 Å². The molecule has 0 spiro atoms. The molecule has 8 nitrogen and oxygen atoms in total. The highest BCUT2D eigenvalue weighted by Gasteiger charge is 2.34. The Bertz CT molecular complexity index is 819. The number of nitrogens with zero attached hydrogens (tertiary/aromatic N) is 5. The van der Waals surface area contributed by atoms with Crippen molar-refractivity contribution in [3.63, 3.8) is 0 Å². The van der Waals surface area contributed by atoms with Crippen molar-refractivity contribution in [3.8, 4) is 11.4 Å². The van der Waals surface area contributed by atoms with Crippen LogP contribution in [0.4, 0.5) is 0 Å². The van der Waals surface area contributed by atoms with Crippen molar-refractivity contribution >= 4 is 15.7 Å². The first-order chi connectivity index (χ1) is 11.5. The lowest BCUT2D eigenvalue weighted by molar-refractivity contribution is -0.133. The van der Waals surface area contributed by atoms with E-state index in [1.54, 1.807) is 4.90 Å². The minimum atomic E-state index is -3.03. The zero-order valence-corrected chi connectivity index (χ0v) is 14.2. The zero-order chi connectivity index (χ0) is 17.2. The molecular weight excluding hydrogens is 330 g/mol. The minimum absolute atomic E-state index is 0.0344. The molecule has 0 N–H and O–H groups in total. The number of hydrogen-bond donors (Lipinski definition) is 0. The first-order valence-electron chi connectivity index (χ1n) is 7.81. The highest BCUT2D eigenvalue weighted by molar-refractivity contribution is 7.91. The van der Waals surface area contributed by atoms with Crippen LogP contribution in [0.25, 0.3) is 11.4 Å². The summed E-state index contributed by atoms with van der Waals surface area (Å²) in [6.07, 6.45) is 0.488. The highest BCUT2D eigenvalue weighted by Crippen LogP contribution is 2.18. The first kappa shape index (κ1) is 16.6. The van der Waals surface area contributed by atoms with Gasteiger partial charge in [-0.25, -0.2) is 8.42 Å². The van der Waals surface area contributed by atoms with E-state index in [1.807, 2.05) is 37.3 Å². The van der Waals surface area contributed by atoms with Gasteiger partial charge in [0.1, 0.15) is 6.54 Å². The Morgan fingerprint density at radius 1 is 1.33 bits per heavy atom. The van der Waals surface area contributed by atoms with Crippen LogP contribution in [0.5, 0.6) is 0 Å². The number of carbonyl (C=O) groups is 1. The molecule has 9 heteroatoms. The molecule has 24 heavy (non-hydrogen) atoms. The van der Waals surface area contributed by atoms with E-state index in [-0.39, 0.29) is 30.0 Å². The van der Waals surface area contributed by atoms with Crippen LogP contribution in [0.2, 0.25) is 0 Å². The van der Waals surface area contributed by atoms with Crippen LogP contribution in [0.3, 0.4) is 0 Å². The third kappa shape index (κ3) is 3.61. The maximum Gasteiger partial charge on any atom is 0.246 e. The summed E-state index contributed by atoms with van der Waals surface area (Å²) in [7, 11) is -3.03. The molecule has 1 aromatic heterocycles. The fourth-order valence-corrected chi connectivity index (χ4v) is 4.61. The average molecular weight is 349 g/mol. The summed E-state index contributed by atoms with van der Waals surface area (Å²) in [5, 5.41) is 12.1. The number of benzene rings is 1. The van der Waals surface area contributed by atoms with Gasteiger partial charge in [-0.3, -0.25) is 4.79 Å². The molecule has 2 heterocycles. The van der Waals surface area contributed by atoms with Crippen LogP contribution in [-0.4, -0.2) is 63.5 Å². The quantitative estimate of drug-likeness (QED) is 0.774. The molecule has 0 saturated carbocycles. The number of sulfone groups is 1. The lowest BCUT2D eigenvalue weighted by atomic mass is 10.2. The second-order valence-electron chi connectivity index (χ2n) is 5.75. The third-order valence-electron chi connectivity index (χ3n) is 4.07. The number of tetrazole rings is 1. The molecule has 0 aliphatic carbocycles. The zero-order valence-electron chi connectivity index (χ0n) is 13.4.